The Bertz CT molecular complexity index is 381. The molecule has 0 aliphatic rings. The van der Waals surface area contributed by atoms with Crippen molar-refractivity contribution in [1.29, 1.82) is 0 Å². The lowest BCUT2D eigenvalue weighted by atomic mass is 9.99. The molecule has 0 saturated heterocycles. The van der Waals surface area contributed by atoms with Gasteiger partial charge in [-0.1, -0.05) is 31.4 Å². The molecule has 0 aliphatic heterocycles. The van der Waals surface area contributed by atoms with Gasteiger partial charge in [-0.25, -0.2) is 0 Å². The van der Waals surface area contributed by atoms with E-state index < -0.39 is 0 Å². The van der Waals surface area contributed by atoms with Crippen molar-refractivity contribution in [3.05, 3.63) is 29.3 Å². The maximum absolute atomic E-state index is 11.5. The lowest BCUT2D eigenvalue weighted by Gasteiger charge is -2.15. The van der Waals surface area contributed by atoms with Crippen molar-refractivity contribution in [3.63, 3.8) is 0 Å². The first-order chi connectivity index (χ1) is 9.17. The van der Waals surface area contributed by atoms with Crippen molar-refractivity contribution < 1.29 is 14.2 Å². The van der Waals surface area contributed by atoms with E-state index in [9.17, 15) is 4.79 Å². The molecule has 0 aromatic heterocycles. The largest absolute Gasteiger partial charge is 0.543 e. The van der Waals surface area contributed by atoms with E-state index in [-0.39, 0.29) is 11.9 Å². The number of unbranched alkanes of at least 4 members (excludes halogenated alkanes) is 1. The summed E-state index contributed by atoms with van der Waals surface area (Å²) in [4.78, 5) is 11.5. The molecule has 1 atom stereocenters. The van der Waals surface area contributed by atoms with Gasteiger partial charge < -0.3 is 9.39 Å². The van der Waals surface area contributed by atoms with Crippen molar-refractivity contribution in [2.24, 2.45) is 5.92 Å². The monoisotopic (exact) mass is 280 g/mol. The number of halogens is 1. The quantitative estimate of drug-likeness (QED) is 0.683. The van der Waals surface area contributed by atoms with Gasteiger partial charge >= 0.3 is 8.05 Å². The molecule has 1 rings (SSSR count). The Morgan fingerprint density at radius 2 is 2.00 bits per heavy atom. The molecule has 0 bridgehead atoms. The molecule has 1 aromatic carbocycles. The molecule has 1 aromatic rings. The first-order valence-corrected chi connectivity index (χ1v) is 6.84. The number of benzene rings is 1. The lowest BCUT2D eigenvalue weighted by Crippen LogP contribution is -2.19. The Balaban J connectivity index is 2.38. The average molecular weight is 281 g/mol. The van der Waals surface area contributed by atoms with Crippen LogP contribution in [0.2, 0.25) is 5.02 Å². The summed E-state index contributed by atoms with van der Waals surface area (Å²) in [6.45, 7) is 2.53. The Labute approximate surface area is 120 Å². The van der Waals surface area contributed by atoms with E-state index >= 15 is 0 Å². The predicted molar refractivity (Wildman–Crippen MR) is 76.4 cm³/mol. The molecule has 0 saturated carbocycles. The molecule has 0 N–H and O–H groups in total. The Kier molecular flexibility index (Phi) is 7.42. The van der Waals surface area contributed by atoms with Gasteiger partial charge in [-0.15, -0.1) is 0 Å². The molecular formula is C14H18BClO3. The summed E-state index contributed by atoms with van der Waals surface area (Å²) in [5.41, 5.74) is 0. The van der Waals surface area contributed by atoms with E-state index in [4.69, 9.17) is 24.4 Å². The summed E-state index contributed by atoms with van der Waals surface area (Å²) in [6, 6.07) is 7.12. The van der Waals surface area contributed by atoms with E-state index in [1.165, 1.54) is 0 Å². The Morgan fingerprint density at radius 1 is 1.32 bits per heavy atom. The van der Waals surface area contributed by atoms with Crippen molar-refractivity contribution in [2.75, 3.05) is 6.61 Å². The molecule has 3 nitrogen and oxygen atoms in total. The first kappa shape index (κ1) is 15.9. The van der Waals surface area contributed by atoms with Crippen LogP contribution in [0.4, 0.5) is 0 Å². The SMILES string of the molecule is [B]OC(=O)C(CCCC)CCOc1ccc(Cl)cc1. The smallest absolute Gasteiger partial charge is 0.378 e. The molecule has 0 fully saturated rings. The van der Waals surface area contributed by atoms with Crippen LogP contribution in [0.15, 0.2) is 24.3 Å². The molecule has 0 heterocycles. The molecule has 102 valence electrons. The molecule has 1 unspecified atom stereocenters. The van der Waals surface area contributed by atoms with Crippen molar-refractivity contribution in [2.45, 2.75) is 32.6 Å². The van der Waals surface area contributed by atoms with E-state index in [1.54, 1.807) is 24.3 Å². The van der Waals surface area contributed by atoms with Gasteiger partial charge in [-0.2, -0.15) is 0 Å². The van der Waals surface area contributed by atoms with Crippen LogP contribution in [0.5, 0.6) is 5.75 Å². The second-order valence-electron chi connectivity index (χ2n) is 4.37. The minimum atomic E-state index is -0.367. The van der Waals surface area contributed by atoms with Crippen LogP contribution in [0.3, 0.4) is 0 Å². The Hall–Kier alpha value is -1.16. The second kappa shape index (κ2) is 8.86. The molecule has 0 amide bonds. The van der Waals surface area contributed by atoms with Crippen LogP contribution in [0, 0.1) is 5.92 Å². The molecule has 2 radical (unpaired) electrons. The van der Waals surface area contributed by atoms with Crippen molar-refractivity contribution >= 4 is 25.6 Å². The van der Waals surface area contributed by atoms with Crippen LogP contribution >= 0.6 is 11.6 Å². The summed E-state index contributed by atoms with van der Waals surface area (Å²) in [5.74, 6) is 0.171. The van der Waals surface area contributed by atoms with E-state index in [1.807, 2.05) is 0 Å². The molecular weight excluding hydrogens is 262 g/mol. The third kappa shape index (κ3) is 6.01. The molecule has 0 spiro atoms. The van der Waals surface area contributed by atoms with E-state index in [0.717, 1.165) is 25.0 Å². The Morgan fingerprint density at radius 3 is 2.58 bits per heavy atom. The number of ether oxygens (including phenoxy) is 1. The molecule has 5 heteroatoms. The predicted octanol–water partition coefficient (Wildman–Crippen LogP) is 3.54. The molecule has 19 heavy (non-hydrogen) atoms. The minimum Gasteiger partial charge on any atom is -0.543 e. The fraction of sp³-hybridized carbons (Fsp3) is 0.500. The fourth-order valence-corrected chi connectivity index (χ4v) is 1.90. The van der Waals surface area contributed by atoms with Gasteiger partial charge in [0, 0.05) is 5.02 Å². The van der Waals surface area contributed by atoms with Crippen LogP contribution in [-0.2, 0) is 9.45 Å². The summed E-state index contributed by atoms with van der Waals surface area (Å²) in [6.07, 6.45) is 3.38. The van der Waals surface area contributed by atoms with Crippen LogP contribution in [0.25, 0.3) is 0 Å². The van der Waals surface area contributed by atoms with Gasteiger partial charge in [0.2, 0.25) is 0 Å². The average Bonchev–Trinajstić information content (AvgIpc) is 2.43. The fourth-order valence-electron chi connectivity index (χ4n) is 1.78. The van der Waals surface area contributed by atoms with Crippen LogP contribution < -0.4 is 4.74 Å². The molecule has 0 aliphatic carbocycles. The normalized spacial score (nSPS) is 11.9. The van der Waals surface area contributed by atoms with Crippen molar-refractivity contribution in [3.8, 4) is 5.75 Å². The minimum absolute atomic E-state index is 0.197. The zero-order valence-corrected chi connectivity index (χ0v) is 11.9. The van der Waals surface area contributed by atoms with Gasteiger partial charge in [0.25, 0.3) is 5.97 Å². The highest BCUT2D eigenvalue weighted by Crippen LogP contribution is 2.18. The third-order valence-corrected chi connectivity index (χ3v) is 3.16. The van der Waals surface area contributed by atoms with Gasteiger partial charge in [0.05, 0.1) is 12.5 Å². The van der Waals surface area contributed by atoms with Crippen LogP contribution in [0.1, 0.15) is 32.6 Å². The highest BCUT2D eigenvalue weighted by molar-refractivity contribution is 6.30. The number of carbonyl (C=O) groups is 1. The van der Waals surface area contributed by atoms with Crippen LogP contribution in [-0.4, -0.2) is 20.6 Å². The summed E-state index contributed by atoms with van der Waals surface area (Å²) >= 11 is 5.78. The maximum Gasteiger partial charge on any atom is 0.378 e. The van der Waals surface area contributed by atoms with Crippen molar-refractivity contribution in [1.82, 2.24) is 0 Å². The summed E-state index contributed by atoms with van der Waals surface area (Å²) in [5, 5.41) is 0.667. The number of carbonyl (C=O) groups excluding carboxylic acids is 1. The van der Waals surface area contributed by atoms with Gasteiger partial charge in [-0.3, -0.25) is 4.79 Å². The zero-order valence-electron chi connectivity index (χ0n) is 11.1. The van der Waals surface area contributed by atoms with Gasteiger partial charge in [0.1, 0.15) is 5.75 Å². The van der Waals surface area contributed by atoms with E-state index in [0.29, 0.717) is 18.1 Å². The number of rotatable bonds is 8. The van der Waals surface area contributed by atoms with Gasteiger partial charge in [0.15, 0.2) is 0 Å². The summed E-state index contributed by atoms with van der Waals surface area (Å²) < 4.78 is 9.87. The zero-order chi connectivity index (χ0) is 14.1. The number of hydrogen-bond donors (Lipinski definition) is 0. The van der Waals surface area contributed by atoms with E-state index in [2.05, 4.69) is 11.6 Å². The maximum atomic E-state index is 11.5. The highest BCUT2D eigenvalue weighted by atomic mass is 35.5. The van der Waals surface area contributed by atoms with Gasteiger partial charge in [-0.05, 0) is 37.1 Å². The highest BCUT2D eigenvalue weighted by Gasteiger charge is 2.17. The lowest BCUT2D eigenvalue weighted by molar-refractivity contribution is -0.139. The second-order valence-corrected chi connectivity index (χ2v) is 4.80. The standard InChI is InChI=1S/C14H18BClO3/c1-2-3-4-11(14(17)19-15)9-10-18-13-7-5-12(16)6-8-13/h5-8,11H,2-4,9-10H2,1H3. The third-order valence-electron chi connectivity index (χ3n) is 2.90. The number of hydrogen-bond acceptors (Lipinski definition) is 3. The topological polar surface area (TPSA) is 35.5 Å². The first-order valence-electron chi connectivity index (χ1n) is 6.46. The summed E-state index contributed by atoms with van der Waals surface area (Å²) in [7, 11) is 4.94.